The van der Waals surface area contributed by atoms with Crippen LogP contribution in [0.5, 0.6) is 5.75 Å². The van der Waals surface area contributed by atoms with E-state index in [4.69, 9.17) is 16.3 Å². The van der Waals surface area contributed by atoms with E-state index in [0.717, 1.165) is 12.8 Å². The molecule has 1 atom stereocenters. The highest BCUT2D eigenvalue weighted by molar-refractivity contribution is 7.88. The van der Waals surface area contributed by atoms with Crippen molar-refractivity contribution >= 4 is 32.6 Å². The Morgan fingerprint density at radius 1 is 1.40 bits per heavy atom. The zero-order chi connectivity index (χ0) is 18.4. The summed E-state index contributed by atoms with van der Waals surface area (Å²) in [6, 6.07) is 1.50. The molecule has 2 aromatic rings. The van der Waals surface area contributed by atoms with Crippen LogP contribution in [0.15, 0.2) is 12.3 Å². The molecule has 0 spiro atoms. The minimum atomic E-state index is -5.82. The Hall–Kier alpha value is -1.52. The maximum absolute atomic E-state index is 12.7. The largest absolute Gasteiger partial charge is 0.534 e. The minimum absolute atomic E-state index is 0.0671. The fourth-order valence-corrected chi connectivity index (χ4v) is 3.36. The van der Waals surface area contributed by atoms with Crippen molar-refractivity contribution in [1.29, 1.82) is 0 Å². The second-order valence-electron chi connectivity index (χ2n) is 5.64. The summed E-state index contributed by atoms with van der Waals surface area (Å²) in [5, 5.41) is 4.31. The fourth-order valence-electron chi connectivity index (χ4n) is 2.64. The van der Waals surface area contributed by atoms with Crippen molar-refractivity contribution in [3.05, 3.63) is 22.8 Å². The summed E-state index contributed by atoms with van der Waals surface area (Å²) < 4.78 is 72.2. The van der Waals surface area contributed by atoms with Crippen LogP contribution in [0.2, 0.25) is 5.02 Å². The van der Waals surface area contributed by atoms with Gasteiger partial charge in [0.05, 0.1) is 17.1 Å². The van der Waals surface area contributed by atoms with Gasteiger partial charge in [-0.3, -0.25) is 0 Å². The lowest BCUT2D eigenvalue weighted by Crippen LogP contribution is -2.28. The molecule has 1 saturated heterocycles. The summed E-state index contributed by atoms with van der Waals surface area (Å²) in [5.74, 6) is -0.484. The van der Waals surface area contributed by atoms with Crippen LogP contribution in [-0.4, -0.2) is 30.3 Å². The van der Waals surface area contributed by atoms with E-state index in [1.54, 1.807) is 0 Å². The summed E-state index contributed by atoms with van der Waals surface area (Å²) in [4.78, 5) is 0. The van der Waals surface area contributed by atoms with Crippen molar-refractivity contribution in [3.8, 4) is 5.75 Å². The fraction of sp³-hybridized carbons (Fsp3) is 0.500. The lowest BCUT2D eigenvalue weighted by Gasteiger charge is -2.23. The van der Waals surface area contributed by atoms with Crippen LogP contribution in [0, 0.1) is 6.92 Å². The Kier molecular flexibility index (Phi) is 4.63. The molecule has 1 aromatic heterocycles. The molecule has 1 aliphatic rings. The summed E-state index contributed by atoms with van der Waals surface area (Å²) in [6.07, 6.45) is 3.36. The quantitative estimate of drug-likeness (QED) is 0.578. The van der Waals surface area contributed by atoms with Crippen LogP contribution in [0.25, 0.3) is 10.9 Å². The number of benzene rings is 1. The van der Waals surface area contributed by atoms with Crippen molar-refractivity contribution in [2.24, 2.45) is 0 Å². The second kappa shape index (κ2) is 6.33. The van der Waals surface area contributed by atoms with Crippen LogP contribution in [0.4, 0.5) is 13.2 Å². The van der Waals surface area contributed by atoms with Crippen LogP contribution < -0.4 is 4.18 Å². The van der Waals surface area contributed by atoms with Gasteiger partial charge in [-0.1, -0.05) is 11.6 Å². The van der Waals surface area contributed by atoms with Gasteiger partial charge in [-0.15, -0.1) is 0 Å². The van der Waals surface area contributed by atoms with Gasteiger partial charge in [-0.25, -0.2) is 4.68 Å². The molecular weight excluding hydrogens is 385 g/mol. The van der Waals surface area contributed by atoms with E-state index in [-0.39, 0.29) is 16.0 Å². The third-order valence-corrected chi connectivity index (χ3v) is 5.29. The zero-order valence-corrected chi connectivity index (χ0v) is 14.6. The predicted octanol–water partition coefficient (Wildman–Crippen LogP) is 3.93. The Morgan fingerprint density at radius 3 is 2.72 bits per heavy atom. The molecule has 1 aromatic carbocycles. The van der Waals surface area contributed by atoms with Gasteiger partial charge in [0.2, 0.25) is 0 Å². The van der Waals surface area contributed by atoms with Crippen LogP contribution in [0.1, 0.15) is 31.1 Å². The molecule has 138 valence electrons. The molecule has 1 fully saturated rings. The molecule has 0 aliphatic carbocycles. The summed E-state index contributed by atoms with van der Waals surface area (Å²) >= 11 is 6.07. The van der Waals surface area contributed by atoms with E-state index >= 15 is 0 Å². The third-order valence-electron chi connectivity index (χ3n) is 3.95. The van der Waals surface area contributed by atoms with Crippen LogP contribution >= 0.6 is 11.6 Å². The molecule has 3 rings (SSSR count). The first kappa shape index (κ1) is 18.3. The second-order valence-corrected chi connectivity index (χ2v) is 7.58. The highest BCUT2D eigenvalue weighted by atomic mass is 35.5. The number of ether oxygens (including phenoxy) is 1. The van der Waals surface area contributed by atoms with E-state index in [0.29, 0.717) is 18.5 Å². The standard InChI is InChI=1S/C14H14ClF3N2O4S/c1-8-10(15)6-11-9(13(8)24-25(21,22)14(16,17)18)7-19-20(11)12-4-2-3-5-23-12/h6-7,12H,2-5H2,1H3. The molecule has 0 saturated carbocycles. The first-order valence-corrected chi connectivity index (χ1v) is 9.19. The monoisotopic (exact) mass is 398 g/mol. The molecule has 1 aliphatic heterocycles. The molecule has 6 nitrogen and oxygen atoms in total. The normalized spacial score (nSPS) is 19.3. The van der Waals surface area contributed by atoms with Gasteiger partial charge in [0.15, 0.2) is 12.0 Å². The SMILES string of the molecule is Cc1c(Cl)cc2c(cnn2C2CCCCO2)c1OS(=O)(=O)C(F)(F)F. The number of nitrogens with zero attached hydrogens (tertiary/aromatic N) is 2. The predicted molar refractivity (Wildman–Crippen MR) is 83.9 cm³/mol. The smallest absolute Gasteiger partial charge is 0.375 e. The number of aromatic nitrogens is 2. The van der Waals surface area contributed by atoms with Gasteiger partial charge in [-0.05, 0) is 32.3 Å². The van der Waals surface area contributed by atoms with Crippen molar-refractivity contribution in [3.63, 3.8) is 0 Å². The van der Waals surface area contributed by atoms with Crippen molar-refractivity contribution in [2.45, 2.75) is 37.9 Å². The molecule has 2 heterocycles. The van der Waals surface area contributed by atoms with Gasteiger partial charge in [-0.2, -0.15) is 26.7 Å². The third kappa shape index (κ3) is 3.30. The highest BCUT2D eigenvalue weighted by Gasteiger charge is 2.49. The average Bonchev–Trinajstić information content (AvgIpc) is 2.95. The maximum Gasteiger partial charge on any atom is 0.534 e. The summed E-state index contributed by atoms with van der Waals surface area (Å²) in [6.45, 7) is 1.91. The number of fused-ring (bicyclic) bond motifs is 1. The van der Waals surface area contributed by atoms with Crippen molar-refractivity contribution < 1.29 is 30.5 Å². The van der Waals surface area contributed by atoms with E-state index in [1.165, 1.54) is 23.9 Å². The van der Waals surface area contributed by atoms with Crippen LogP contribution in [0.3, 0.4) is 0 Å². The van der Waals surface area contributed by atoms with Crippen molar-refractivity contribution in [1.82, 2.24) is 9.78 Å². The topological polar surface area (TPSA) is 70.4 Å². The molecule has 0 N–H and O–H groups in total. The van der Waals surface area contributed by atoms with Gasteiger partial charge in [0.1, 0.15) is 0 Å². The number of halogens is 4. The number of alkyl halides is 3. The van der Waals surface area contributed by atoms with E-state index < -0.39 is 27.6 Å². The molecule has 0 amide bonds. The van der Waals surface area contributed by atoms with Gasteiger partial charge in [0.25, 0.3) is 0 Å². The summed E-state index contributed by atoms with van der Waals surface area (Å²) in [7, 11) is -5.82. The zero-order valence-electron chi connectivity index (χ0n) is 13.0. The maximum atomic E-state index is 12.7. The molecule has 1 unspecified atom stereocenters. The average molecular weight is 399 g/mol. The Balaban J connectivity index is 2.12. The molecule has 0 radical (unpaired) electrons. The first-order valence-electron chi connectivity index (χ1n) is 7.40. The van der Waals surface area contributed by atoms with Gasteiger partial charge >= 0.3 is 15.6 Å². The lowest BCUT2D eigenvalue weighted by molar-refractivity contribution is -0.0499. The Labute approximate surface area is 146 Å². The number of rotatable bonds is 3. The number of hydrogen-bond donors (Lipinski definition) is 0. The minimum Gasteiger partial charge on any atom is -0.375 e. The van der Waals surface area contributed by atoms with E-state index in [2.05, 4.69) is 9.28 Å². The highest BCUT2D eigenvalue weighted by Crippen LogP contribution is 2.39. The molecule has 11 heteroatoms. The van der Waals surface area contributed by atoms with E-state index in [1.807, 2.05) is 0 Å². The van der Waals surface area contributed by atoms with E-state index in [9.17, 15) is 21.6 Å². The Bertz CT molecular complexity index is 905. The molecule has 0 bridgehead atoms. The number of hydrogen-bond acceptors (Lipinski definition) is 5. The van der Waals surface area contributed by atoms with Gasteiger partial charge < -0.3 is 8.92 Å². The Morgan fingerprint density at radius 2 is 2.12 bits per heavy atom. The molecular formula is C14H14ClF3N2O4S. The van der Waals surface area contributed by atoms with Crippen molar-refractivity contribution in [2.75, 3.05) is 6.61 Å². The molecule has 25 heavy (non-hydrogen) atoms. The van der Waals surface area contributed by atoms with Gasteiger partial charge in [0, 0.05) is 17.2 Å². The van der Waals surface area contributed by atoms with Crippen LogP contribution in [-0.2, 0) is 14.9 Å². The lowest BCUT2D eigenvalue weighted by atomic mass is 10.1. The summed E-state index contributed by atoms with van der Waals surface area (Å²) in [5.41, 5.74) is -5.13. The first-order chi connectivity index (χ1) is 11.6.